The minimum absolute atomic E-state index is 0.0205. The molecule has 1 saturated heterocycles. The second-order valence-electron chi connectivity index (χ2n) is 6.76. The molecule has 1 aliphatic heterocycles. The molecule has 0 spiro atoms. The molecule has 1 saturated carbocycles. The molecule has 24 heavy (non-hydrogen) atoms. The van der Waals surface area contributed by atoms with Crippen LogP contribution in [0.4, 0.5) is 0 Å². The van der Waals surface area contributed by atoms with Gasteiger partial charge in [-0.25, -0.2) is 8.42 Å². The third kappa shape index (κ3) is 6.66. The van der Waals surface area contributed by atoms with E-state index in [1.807, 2.05) is 0 Å². The summed E-state index contributed by atoms with van der Waals surface area (Å²) in [5.74, 6) is -0.201. The Labute approximate surface area is 145 Å². The van der Waals surface area contributed by atoms with Crippen molar-refractivity contribution >= 4 is 15.9 Å². The van der Waals surface area contributed by atoms with E-state index in [2.05, 4.69) is 10.2 Å². The van der Waals surface area contributed by atoms with Crippen molar-refractivity contribution in [2.45, 2.75) is 44.6 Å². The fraction of sp³-hybridized carbons (Fsp3) is 0.938. The first-order valence-corrected chi connectivity index (χ1v) is 10.9. The Morgan fingerprint density at radius 2 is 1.88 bits per heavy atom. The average molecular weight is 362 g/mol. The summed E-state index contributed by atoms with van der Waals surface area (Å²) in [5, 5.41) is 2.86. The van der Waals surface area contributed by atoms with E-state index in [9.17, 15) is 13.2 Å². The zero-order chi connectivity index (χ0) is 17.4. The van der Waals surface area contributed by atoms with Crippen molar-refractivity contribution < 1.29 is 17.9 Å². The van der Waals surface area contributed by atoms with E-state index in [0.29, 0.717) is 6.54 Å². The van der Waals surface area contributed by atoms with E-state index in [1.54, 1.807) is 0 Å². The molecule has 2 rings (SSSR count). The summed E-state index contributed by atoms with van der Waals surface area (Å²) in [7, 11) is -3.36. The van der Waals surface area contributed by atoms with Gasteiger partial charge in [0, 0.05) is 25.7 Å². The number of rotatable bonds is 8. The van der Waals surface area contributed by atoms with Crippen LogP contribution in [0.2, 0.25) is 0 Å². The molecule has 7 nitrogen and oxygen atoms in total. The van der Waals surface area contributed by atoms with E-state index in [0.717, 1.165) is 71.4 Å². The van der Waals surface area contributed by atoms with Gasteiger partial charge in [-0.2, -0.15) is 4.31 Å². The Hall–Kier alpha value is -0.700. The molecule has 0 bridgehead atoms. The number of carbonyl (C=O) groups is 1. The van der Waals surface area contributed by atoms with Crippen molar-refractivity contribution in [3.05, 3.63) is 0 Å². The number of nitrogens with zero attached hydrogens (tertiary/aromatic N) is 2. The lowest BCUT2D eigenvalue weighted by atomic mass is 9.95. The summed E-state index contributed by atoms with van der Waals surface area (Å²) in [5.41, 5.74) is 0. The number of sulfonamides is 1. The van der Waals surface area contributed by atoms with Gasteiger partial charge in [0.1, 0.15) is 0 Å². The molecule has 140 valence electrons. The molecule has 1 amide bonds. The first kappa shape index (κ1) is 19.6. The highest BCUT2D eigenvalue weighted by Crippen LogP contribution is 2.24. The maximum atomic E-state index is 12.1. The maximum Gasteiger partial charge on any atom is 0.235 e. The molecule has 0 unspecified atom stereocenters. The molecule has 0 aromatic carbocycles. The van der Waals surface area contributed by atoms with Crippen LogP contribution in [-0.2, 0) is 19.6 Å². The van der Waals surface area contributed by atoms with Crippen molar-refractivity contribution in [3.8, 4) is 0 Å². The molecule has 1 aliphatic carbocycles. The van der Waals surface area contributed by atoms with Crippen LogP contribution < -0.4 is 5.32 Å². The molecule has 0 radical (unpaired) electrons. The fourth-order valence-corrected chi connectivity index (χ4v) is 4.54. The van der Waals surface area contributed by atoms with Crippen molar-refractivity contribution in [1.82, 2.24) is 14.5 Å². The Kier molecular flexibility index (Phi) is 7.93. The van der Waals surface area contributed by atoms with Crippen LogP contribution >= 0.6 is 0 Å². The molecule has 2 fully saturated rings. The van der Waals surface area contributed by atoms with Crippen LogP contribution in [-0.4, -0.2) is 81.8 Å². The summed E-state index contributed by atoms with van der Waals surface area (Å²) in [4.78, 5) is 14.5. The van der Waals surface area contributed by atoms with Crippen LogP contribution in [0.5, 0.6) is 0 Å². The fourth-order valence-electron chi connectivity index (χ4n) is 3.44. The molecule has 1 heterocycles. The summed E-state index contributed by atoms with van der Waals surface area (Å²) < 4.78 is 30.8. The van der Waals surface area contributed by atoms with Crippen molar-refractivity contribution in [3.63, 3.8) is 0 Å². The number of hydrogen-bond donors (Lipinski definition) is 1. The average Bonchev–Trinajstić information content (AvgIpc) is 2.57. The van der Waals surface area contributed by atoms with Crippen LogP contribution in [0.1, 0.15) is 38.5 Å². The Morgan fingerprint density at radius 3 is 2.50 bits per heavy atom. The molecule has 0 aromatic heterocycles. The van der Waals surface area contributed by atoms with E-state index >= 15 is 0 Å². The zero-order valence-electron chi connectivity index (χ0n) is 14.7. The highest BCUT2D eigenvalue weighted by atomic mass is 32.2. The quantitative estimate of drug-likeness (QED) is 0.634. The zero-order valence-corrected chi connectivity index (χ0v) is 15.5. The van der Waals surface area contributed by atoms with E-state index in [4.69, 9.17) is 4.74 Å². The summed E-state index contributed by atoms with van der Waals surface area (Å²) in [6.45, 7) is 4.89. The van der Waals surface area contributed by atoms with Gasteiger partial charge < -0.3 is 10.1 Å². The minimum Gasteiger partial charge on any atom is -0.379 e. The molecule has 0 atom stereocenters. The SMILES string of the molecule is CS(=O)(=O)N(CC(=O)NCCCN1CCOCC1)C1CCCCC1. The molecule has 2 aliphatic rings. The van der Waals surface area contributed by atoms with Crippen LogP contribution in [0.25, 0.3) is 0 Å². The lowest BCUT2D eigenvalue weighted by Gasteiger charge is -2.32. The summed E-state index contributed by atoms with van der Waals surface area (Å²) in [6, 6.07) is -0.0205. The summed E-state index contributed by atoms with van der Waals surface area (Å²) >= 11 is 0. The van der Waals surface area contributed by atoms with Gasteiger partial charge in [0.15, 0.2) is 0 Å². The minimum atomic E-state index is -3.36. The third-order valence-electron chi connectivity index (χ3n) is 4.78. The van der Waals surface area contributed by atoms with Gasteiger partial charge >= 0.3 is 0 Å². The highest BCUT2D eigenvalue weighted by molar-refractivity contribution is 7.88. The van der Waals surface area contributed by atoms with Gasteiger partial charge in [0.25, 0.3) is 0 Å². The lowest BCUT2D eigenvalue weighted by molar-refractivity contribution is -0.121. The number of nitrogens with one attached hydrogen (secondary N) is 1. The van der Waals surface area contributed by atoms with Crippen molar-refractivity contribution in [1.29, 1.82) is 0 Å². The van der Waals surface area contributed by atoms with E-state index in [1.165, 1.54) is 10.6 Å². The van der Waals surface area contributed by atoms with Gasteiger partial charge in [-0.1, -0.05) is 19.3 Å². The number of carbonyl (C=O) groups excluding carboxylic acids is 1. The van der Waals surface area contributed by atoms with E-state index in [-0.39, 0.29) is 18.5 Å². The Balaban J connectivity index is 1.71. The van der Waals surface area contributed by atoms with Crippen molar-refractivity contribution in [2.75, 3.05) is 52.2 Å². The monoisotopic (exact) mass is 361 g/mol. The number of amides is 1. The van der Waals surface area contributed by atoms with Gasteiger partial charge in [0.2, 0.25) is 15.9 Å². The van der Waals surface area contributed by atoms with Crippen molar-refractivity contribution in [2.24, 2.45) is 0 Å². The maximum absolute atomic E-state index is 12.1. The molecular weight excluding hydrogens is 330 g/mol. The number of ether oxygens (including phenoxy) is 1. The first-order chi connectivity index (χ1) is 11.5. The van der Waals surface area contributed by atoms with Gasteiger partial charge in [-0.15, -0.1) is 0 Å². The van der Waals surface area contributed by atoms with Gasteiger partial charge in [-0.3, -0.25) is 9.69 Å². The third-order valence-corrected chi connectivity index (χ3v) is 6.06. The molecule has 0 aromatic rings. The molecule has 1 N–H and O–H groups in total. The Bertz CT molecular complexity index is 486. The highest BCUT2D eigenvalue weighted by Gasteiger charge is 2.29. The summed E-state index contributed by atoms with van der Waals surface area (Å²) in [6.07, 6.45) is 7.02. The second-order valence-corrected chi connectivity index (χ2v) is 8.69. The predicted molar refractivity (Wildman–Crippen MR) is 93.3 cm³/mol. The van der Waals surface area contributed by atoms with Crippen LogP contribution in [0, 0.1) is 0 Å². The normalized spacial score (nSPS) is 21.1. The number of hydrogen-bond acceptors (Lipinski definition) is 5. The van der Waals surface area contributed by atoms with Gasteiger partial charge in [-0.05, 0) is 25.8 Å². The first-order valence-electron chi connectivity index (χ1n) is 9.00. The Morgan fingerprint density at radius 1 is 1.21 bits per heavy atom. The van der Waals surface area contributed by atoms with Crippen LogP contribution in [0.15, 0.2) is 0 Å². The molecule has 8 heteroatoms. The van der Waals surface area contributed by atoms with E-state index < -0.39 is 10.0 Å². The topological polar surface area (TPSA) is 79.0 Å². The smallest absolute Gasteiger partial charge is 0.235 e. The van der Waals surface area contributed by atoms with Crippen LogP contribution in [0.3, 0.4) is 0 Å². The second kappa shape index (κ2) is 9.70. The number of morpholine rings is 1. The largest absolute Gasteiger partial charge is 0.379 e. The molecular formula is C16H31N3O4S. The standard InChI is InChI=1S/C16H31N3O4S/c1-24(21,22)19(15-6-3-2-4-7-15)14-16(20)17-8-5-9-18-10-12-23-13-11-18/h15H,2-14H2,1H3,(H,17,20). The predicted octanol–water partition coefficient (Wildman–Crippen LogP) is 0.419. The lowest BCUT2D eigenvalue weighted by Crippen LogP contribution is -2.47. The van der Waals surface area contributed by atoms with Gasteiger partial charge in [0.05, 0.1) is 26.0 Å².